The maximum atomic E-state index is 14.5. The van der Waals surface area contributed by atoms with Gasteiger partial charge in [0.2, 0.25) is 0 Å². The van der Waals surface area contributed by atoms with E-state index in [1.165, 1.54) is 0 Å². The molecule has 0 N–H and O–H groups in total. The van der Waals surface area contributed by atoms with E-state index in [1.807, 2.05) is 97.1 Å². The number of carbonyl (C=O) groups excluding carboxylic acids is 4. The molecular weight excluding hydrogens is 1690 g/mol. The average Bonchev–Trinajstić information content (AvgIpc) is 0.785. The first kappa shape index (κ1) is 99.5. The second-order valence-electron chi connectivity index (χ2n) is 35.4. The fraction of sp³-hybridized carbons (Fsp3) is 0.421. The van der Waals surface area contributed by atoms with Crippen LogP contribution < -0.4 is 37.9 Å². The van der Waals surface area contributed by atoms with Crippen molar-refractivity contribution >= 4 is 23.9 Å². The summed E-state index contributed by atoms with van der Waals surface area (Å²) < 4.78 is 94.3. The lowest BCUT2D eigenvalue weighted by molar-refractivity contribution is -0.150. The maximum absolute atomic E-state index is 14.5. The molecular formula is C114H126O20. The summed E-state index contributed by atoms with van der Waals surface area (Å²) in [6, 6.07) is 58.4. The summed E-state index contributed by atoms with van der Waals surface area (Å²) >= 11 is 0. The van der Waals surface area contributed by atoms with E-state index in [4.69, 9.17) is 75.8 Å². The SMILES string of the molecule is CCC1(COCCCCCCOc2ccc(C#Cc3ccc(C(=O)Oc4cc(OC(=O)c5ccc(C#Cc6ccc(OCCCCCCOCC7(CC)COC7)cc6)cc5)c(OC(=O)c5ccc(C#Cc6ccc(OCCCCCCOCC7(CC)COC7)cc6)cc5)cc4OC(=O)c4ccc(C#Cc5ccc(OCCCCCCOCC6(CC)COC6)cc5)cc4)cc3)cc2)COC1. The van der Waals surface area contributed by atoms with Crippen molar-refractivity contribution in [3.8, 4) is 93.4 Å². The Morgan fingerprint density at radius 1 is 0.231 bits per heavy atom. The molecule has 0 aliphatic carbocycles. The summed E-state index contributed by atoms with van der Waals surface area (Å²) in [6.45, 7) is 23.6. The van der Waals surface area contributed by atoms with Crippen LogP contribution >= 0.6 is 0 Å². The van der Waals surface area contributed by atoms with E-state index in [1.54, 1.807) is 97.1 Å². The molecule has 134 heavy (non-hydrogen) atoms. The lowest BCUT2D eigenvalue weighted by Crippen LogP contribution is -2.45. The number of rotatable bonds is 52. The zero-order valence-electron chi connectivity index (χ0n) is 78.1. The summed E-state index contributed by atoms with van der Waals surface area (Å²) in [7, 11) is 0. The molecule has 4 aliphatic rings. The molecule has 0 amide bonds. The predicted molar refractivity (Wildman–Crippen MR) is 515 cm³/mol. The molecule has 9 aromatic rings. The van der Waals surface area contributed by atoms with Crippen LogP contribution in [0.2, 0.25) is 0 Å². The third-order valence-corrected chi connectivity index (χ3v) is 24.8. The van der Waals surface area contributed by atoms with Gasteiger partial charge >= 0.3 is 23.9 Å². The molecule has 0 aromatic heterocycles. The average molecular weight is 1820 g/mol. The van der Waals surface area contributed by atoms with Gasteiger partial charge in [-0.1, -0.05) is 101 Å². The minimum absolute atomic E-state index is 0.0942. The molecule has 0 saturated carbocycles. The van der Waals surface area contributed by atoms with Crippen molar-refractivity contribution in [3.05, 3.63) is 273 Å². The highest BCUT2D eigenvalue weighted by molar-refractivity contribution is 5.96. The summed E-state index contributed by atoms with van der Waals surface area (Å²) in [5.74, 6) is 23.4. The van der Waals surface area contributed by atoms with Crippen molar-refractivity contribution in [3.63, 3.8) is 0 Å². The van der Waals surface area contributed by atoms with E-state index < -0.39 is 23.9 Å². The van der Waals surface area contributed by atoms with Gasteiger partial charge in [-0.15, -0.1) is 0 Å². The number of benzene rings is 9. The number of hydrogen-bond donors (Lipinski definition) is 0. The van der Waals surface area contributed by atoms with Gasteiger partial charge in [-0.2, -0.15) is 0 Å². The number of hydrogen-bond acceptors (Lipinski definition) is 20. The Labute approximate surface area is 790 Å². The van der Waals surface area contributed by atoms with Crippen LogP contribution in [0.1, 0.15) is 242 Å². The number of ether oxygens (including phenoxy) is 16. The third-order valence-electron chi connectivity index (χ3n) is 24.8. The number of esters is 4. The Bertz CT molecular complexity index is 4750. The number of carbonyl (C=O) groups is 4. The molecule has 9 aromatic carbocycles. The van der Waals surface area contributed by atoms with Crippen LogP contribution in [-0.4, -0.2) is 156 Å². The van der Waals surface area contributed by atoms with E-state index in [2.05, 4.69) is 75.1 Å². The molecule has 4 saturated heterocycles. The van der Waals surface area contributed by atoms with E-state index in [9.17, 15) is 19.2 Å². The van der Waals surface area contributed by atoms with Gasteiger partial charge in [0.05, 0.1) is 128 Å². The molecule has 13 rings (SSSR count). The highest BCUT2D eigenvalue weighted by atomic mass is 16.6. The molecule has 20 heteroatoms. The summed E-state index contributed by atoms with van der Waals surface area (Å²) in [5, 5.41) is 0. The highest BCUT2D eigenvalue weighted by Crippen LogP contribution is 2.43. The van der Waals surface area contributed by atoms with E-state index in [-0.39, 0.29) is 66.9 Å². The van der Waals surface area contributed by atoms with Crippen LogP contribution in [0.4, 0.5) is 0 Å². The van der Waals surface area contributed by atoms with Crippen molar-refractivity contribution < 1.29 is 95.0 Å². The Hall–Kier alpha value is -12.0. The molecule has 0 unspecified atom stereocenters. The largest absolute Gasteiger partial charge is 0.494 e. The zero-order valence-corrected chi connectivity index (χ0v) is 78.1. The molecule has 4 fully saturated rings. The third kappa shape index (κ3) is 31.6. The molecule has 4 aliphatic heterocycles. The van der Waals surface area contributed by atoms with Crippen molar-refractivity contribution in [2.45, 2.75) is 156 Å². The summed E-state index contributed by atoms with van der Waals surface area (Å²) in [5.41, 5.74) is 6.64. The normalized spacial score (nSPS) is 14.4. The van der Waals surface area contributed by atoms with E-state index in [0.717, 1.165) is 292 Å². The topological polar surface area (TPSA) is 216 Å². The van der Waals surface area contributed by atoms with Crippen LogP contribution in [0.25, 0.3) is 0 Å². The Kier molecular flexibility index (Phi) is 39.0. The second kappa shape index (κ2) is 52.6. The molecule has 702 valence electrons. The van der Waals surface area contributed by atoms with Crippen LogP contribution in [0.5, 0.6) is 46.0 Å². The van der Waals surface area contributed by atoms with Gasteiger partial charge < -0.3 is 75.8 Å². The lowest BCUT2D eigenvalue weighted by Gasteiger charge is -2.40. The Morgan fingerprint density at radius 3 is 0.552 bits per heavy atom. The van der Waals surface area contributed by atoms with Gasteiger partial charge in [0.15, 0.2) is 23.0 Å². The van der Waals surface area contributed by atoms with Crippen molar-refractivity contribution in [2.75, 3.05) is 132 Å². The van der Waals surface area contributed by atoms with Crippen molar-refractivity contribution in [1.82, 2.24) is 0 Å². The molecule has 0 radical (unpaired) electrons. The first-order valence-corrected chi connectivity index (χ1v) is 47.8. The fourth-order valence-electron chi connectivity index (χ4n) is 15.0. The monoisotopic (exact) mass is 1810 g/mol. The summed E-state index contributed by atoms with van der Waals surface area (Å²) in [6.07, 6.45) is 20.5. The first-order chi connectivity index (χ1) is 65.7. The van der Waals surface area contributed by atoms with E-state index in [0.29, 0.717) is 48.7 Å². The van der Waals surface area contributed by atoms with Gasteiger partial charge in [0, 0.05) is 105 Å². The molecule has 0 bridgehead atoms. The van der Waals surface area contributed by atoms with Crippen LogP contribution in [-0.2, 0) is 37.9 Å². The van der Waals surface area contributed by atoms with Gasteiger partial charge in [-0.3, -0.25) is 0 Å². The van der Waals surface area contributed by atoms with Gasteiger partial charge in [0.1, 0.15) is 23.0 Å². The summed E-state index contributed by atoms with van der Waals surface area (Å²) in [4.78, 5) is 58.1. The minimum atomic E-state index is -0.883. The van der Waals surface area contributed by atoms with Crippen LogP contribution in [0.3, 0.4) is 0 Å². The van der Waals surface area contributed by atoms with Crippen molar-refractivity contribution in [1.29, 1.82) is 0 Å². The molecule has 20 nitrogen and oxygen atoms in total. The van der Waals surface area contributed by atoms with Gasteiger partial charge in [0.25, 0.3) is 0 Å². The number of unbranched alkanes of at least 4 members (excludes halogenated alkanes) is 12. The molecule has 0 atom stereocenters. The van der Waals surface area contributed by atoms with E-state index >= 15 is 0 Å². The quantitative estimate of drug-likeness (QED) is 0.0150. The molecule has 4 heterocycles. The van der Waals surface area contributed by atoms with Crippen molar-refractivity contribution in [2.24, 2.45) is 21.7 Å². The van der Waals surface area contributed by atoms with Crippen LogP contribution in [0, 0.1) is 69.0 Å². The Morgan fingerprint density at radius 2 is 0.396 bits per heavy atom. The first-order valence-electron chi connectivity index (χ1n) is 47.8. The minimum Gasteiger partial charge on any atom is -0.494 e. The Balaban J connectivity index is 0.678. The predicted octanol–water partition coefficient (Wildman–Crippen LogP) is 21.7. The second-order valence-corrected chi connectivity index (χ2v) is 35.4. The lowest BCUT2D eigenvalue weighted by atomic mass is 9.84. The maximum Gasteiger partial charge on any atom is 0.343 e. The fourth-order valence-corrected chi connectivity index (χ4v) is 15.0. The standard InChI is InChI=1S/C114H126O20/c1-5-111(79-123-80-111)75-119-65-17-9-13-21-69-127-99-57-41-91(42-58-99)29-25-87-33-49-95(50-34-87)107(115)131-103-73-105(133-109(117)97-53-37-89(38-54-97)27-31-93-45-61-101(62-46-93)129-71-23-15-11-19-67-121-77-113(7-3)83-125-84-113)106(134-110(118)98-55-39-90(40-56-98)28-32-94-47-63-102(64-48-94)130-72-24-16-12-20-68-122-78-114(8-4)85-126-86-114)74-104(103)132-108(116)96-51-35-88(36-52-96)26-30-92-43-59-100(60-44-92)128-70-22-14-10-18-66-120-76-112(6-2)81-124-82-112/h33-64,73-74H,5-24,65-72,75-86H2,1-4H3. The highest BCUT2D eigenvalue weighted by Gasteiger charge is 2.40. The zero-order chi connectivity index (χ0) is 93.2. The smallest absolute Gasteiger partial charge is 0.343 e. The van der Waals surface area contributed by atoms with Gasteiger partial charge in [-0.25, -0.2) is 19.2 Å². The molecule has 0 spiro atoms. The van der Waals surface area contributed by atoms with Crippen LogP contribution in [0.15, 0.2) is 206 Å². The van der Waals surface area contributed by atoms with Gasteiger partial charge in [-0.05, 0) is 297 Å².